The Kier molecular flexibility index (Phi) is 6.54. The second-order valence-electron chi connectivity index (χ2n) is 16.7. The second kappa shape index (κ2) is 11.8. The Hall–Kier alpha value is -7.42. The highest BCUT2D eigenvalue weighted by atomic mass is 16.3. The maximum absolute atomic E-state index is 7.07. The Bertz CT molecular complexity index is 3690. The van der Waals surface area contributed by atoms with E-state index in [1.165, 1.54) is 76.8 Å². The molecule has 2 aromatic heterocycles. The van der Waals surface area contributed by atoms with Crippen molar-refractivity contribution in [1.82, 2.24) is 0 Å². The molecule has 59 heavy (non-hydrogen) atoms. The van der Waals surface area contributed by atoms with Gasteiger partial charge in [-0.3, -0.25) is 0 Å². The van der Waals surface area contributed by atoms with Crippen LogP contribution in [-0.2, 0) is 5.41 Å². The maximum atomic E-state index is 7.07. The standard InChI is InChI=1S/C57H36O2/c1-57(2)47-28-25-35(45-30-34-16-6-7-17-37(34)53-44-27-29-50-54(55(44)59-56(45)53)43-22-12-13-23-49(43)58-50)31-46(47)38-26-24-36(32-48(38)57)52-41-20-10-8-18-39(41)51(33-14-4-3-5-15-33)40-19-9-11-21-42(40)52/h3-32H,1-2H3. The highest BCUT2D eigenvalue weighted by Crippen LogP contribution is 2.53. The number of fused-ring (bicyclic) bond motifs is 14. The fourth-order valence-corrected chi connectivity index (χ4v) is 10.5. The van der Waals surface area contributed by atoms with E-state index in [1.54, 1.807) is 0 Å². The average molecular weight is 753 g/mol. The fraction of sp³-hybridized carbons (Fsp3) is 0.0526. The van der Waals surface area contributed by atoms with Crippen LogP contribution < -0.4 is 0 Å². The molecule has 13 rings (SSSR count). The van der Waals surface area contributed by atoms with E-state index in [-0.39, 0.29) is 5.41 Å². The van der Waals surface area contributed by atoms with Gasteiger partial charge in [-0.15, -0.1) is 0 Å². The van der Waals surface area contributed by atoms with Crippen molar-refractivity contribution in [2.45, 2.75) is 19.3 Å². The van der Waals surface area contributed by atoms with Crippen LogP contribution in [0.15, 0.2) is 191 Å². The molecule has 0 fully saturated rings. The van der Waals surface area contributed by atoms with Crippen LogP contribution in [0.4, 0.5) is 0 Å². The Morgan fingerprint density at radius 2 is 0.966 bits per heavy atom. The summed E-state index contributed by atoms with van der Waals surface area (Å²) in [5.74, 6) is 0. The van der Waals surface area contributed by atoms with Crippen LogP contribution in [0.2, 0.25) is 0 Å². The van der Waals surface area contributed by atoms with Gasteiger partial charge in [0.2, 0.25) is 0 Å². The molecule has 276 valence electrons. The Balaban J connectivity index is 1.02. The normalized spacial score (nSPS) is 13.4. The van der Waals surface area contributed by atoms with E-state index in [1.807, 2.05) is 12.1 Å². The maximum Gasteiger partial charge on any atom is 0.147 e. The quantitative estimate of drug-likeness (QED) is 0.168. The molecule has 2 heterocycles. The summed E-state index contributed by atoms with van der Waals surface area (Å²) in [4.78, 5) is 0. The average Bonchev–Trinajstić information content (AvgIpc) is 3.93. The van der Waals surface area contributed by atoms with Gasteiger partial charge in [-0.2, -0.15) is 0 Å². The van der Waals surface area contributed by atoms with Crippen molar-refractivity contribution in [2.75, 3.05) is 0 Å². The van der Waals surface area contributed by atoms with Crippen LogP contribution in [0, 0.1) is 0 Å². The van der Waals surface area contributed by atoms with Crippen LogP contribution in [0.25, 0.3) is 121 Å². The molecule has 0 saturated carbocycles. The molecule has 0 spiro atoms. The van der Waals surface area contributed by atoms with Gasteiger partial charge in [0.15, 0.2) is 0 Å². The van der Waals surface area contributed by atoms with Gasteiger partial charge < -0.3 is 8.83 Å². The van der Waals surface area contributed by atoms with Crippen molar-refractivity contribution in [3.8, 4) is 44.5 Å². The first-order valence-electron chi connectivity index (χ1n) is 20.5. The minimum Gasteiger partial charge on any atom is -0.456 e. The SMILES string of the molecule is CC1(C)c2ccc(-c3cc4ccccc4c4c3oc3c4ccc4oc5ccccc5c43)cc2-c2ccc(-c3c4ccccc4c(-c4ccccc4)c4ccccc34)cc21. The van der Waals surface area contributed by atoms with Gasteiger partial charge in [0.25, 0.3) is 0 Å². The Morgan fingerprint density at radius 1 is 0.339 bits per heavy atom. The van der Waals surface area contributed by atoms with E-state index in [9.17, 15) is 0 Å². The molecule has 1 aliphatic rings. The second-order valence-corrected chi connectivity index (χ2v) is 16.7. The molecule has 2 heteroatoms. The summed E-state index contributed by atoms with van der Waals surface area (Å²) in [6, 6.07) is 66.4. The van der Waals surface area contributed by atoms with E-state index < -0.39 is 0 Å². The molecule has 10 aromatic carbocycles. The van der Waals surface area contributed by atoms with Gasteiger partial charge in [0.1, 0.15) is 22.3 Å². The summed E-state index contributed by atoms with van der Waals surface area (Å²) < 4.78 is 13.4. The molecule has 0 N–H and O–H groups in total. The van der Waals surface area contributed by atoms with E-state index in [4.69, 9.17) is 8.83 Å². The minimum absolute atomic E-state index is 0.194. The zero-order valence-corrected chi connectivity index (χ0v) is 32.6. The lowest BCUT2D eigenvalue weighted by molar-refractivity contribution is 0.660. The monoisotopic (exact) mass is 752 g/mol. The van der Waals surface area contributed by atoms with Crippen LogP contribution >= 0.6 is 0 Å². The predicted molar refractivity (Wildman–Crippen MR) is 247 cm³/mol. The van der Waals surface area contributed by atoms with Crippen molar-refractivity contribution in [3.05, 3.63) is 193 Å². The van der Waals surface area contributed by atoms with E-state index in [0.29, 0.717) is 0 Å². The highest BCUT2D eigenvalue weighted by Gasteiger charge is 2.36. The summed E-state index contributed by atoms with van der Waals surface area (Å²) in [6.45, 7) is 4.76. The van der Waals surface area contributed by atoms with E-state index in [0.717, 1.165) is 55.0 Å². The number of para-hydroxylation sites is 1. The first-order chi connectivity index (χ1) is 29.0. The molecule has 0 amide bonds. The van der Waals surface area contributed by atoms with Gasteiger partial charge in [-0.25, -0.2) is 0 Å². The van der Waals surface area contributed by atoms with Gasteiger partial charge >= 0.3 is 0 Å². The molecule has 0 atom stereocenters. The smallest absolute Gasteiger partial charge is 0.147 e. The van der Waals surface area contributed by atoms with Gasteiger partial charge in [-0.1, -0.05) is 159 Å². The summed E-state index contributed by atoms with van der Waals surface area (Å²) in [5, 5.41) is 11.8. The van der Waals surface area contributed by atoms with Crippen molar-refractivity contribution < 1.29 is 8.83 Å². The molecule has 0 radical (unpaired) electrons. The third-order valence-corrected chi connectivity index (χ3v) is 13.2. The van der Waals surface area contributed by atoms with Crippen molar-refractivity contribution in [1.29, 1.82) is 0 Å². The van der Waals surface area contributed by atoms with Crippen LogP contribution in [0.1, 0.15) is 25.0 Å². The van der Waals surface area contributed by atoms with Crippen molar-refractivity contribution in [2.24, 2.45) is 0 Å². The third-order valence-electron chi connectivity index (χ3n) is 13.2. The molecular weight excluding hydrogens is 717 g/mol. The summed E-state index contributed by atoms with van der Waals surface area (Å²) in [6.07, 6.45) is 0. The Labute approximate surface area is 340 Å². The van der Waals surface area contributed by atoms with Gasteiger partial charge in [0, 0.05) is 27.1 Å². The molecule has 0 bridgehead atoms. The molecule has 1 aliphatic carbocycles. The number of hydrogen-bond acceptors (Lipinski definition) is 2. The first-order valence-corrected chi connectivity index (χ1v) is 20.5. The zero-order chi connectivity index (χ0) is 39.0. The number of benzene rings is 10. The lowest BCUT2D eigenvalue weighted by atomic mass is 9.80. The minimum atomic E-state index is -0.194. The number of hydrogen-bond donors (Lipinski definition) is 0. The van der Waals surface area contributed by atoms with Crippen LogP contribution in [-0.4, -0.2) is 0 Å². The summed E-state index contributed by atoms with van der Waals surface area (Å²) in [5.41, 5.74) is 15.9. The lowest BCUT2D eigenvalue weighted by Gasteiger charge is -2.23. The summed E-state index contributed by atoms with van der Waals surface area (Å²) in [7, 11) is 0. The molecule has 2 nitrogen and oxygen atoms in total. The van der Waals surface area contributed by atoms with Crippen molar-refractivity contribution in [3.63, 3.8) is 0 Å². The van der Waals surface area contributed by atoms with Crippen LogP contribution in [0.5, 0.6) is 0 Å². The van der Waals surface area contributed by atoms with Gasteiger partial charge in [0.05, 0.1) is 5.39 Å². The number of furan rings is 2. The van der Waals surface area contributed by atoms with E-state index >= 15 is 0 Å². The summed E-state index contributed by atoms with van der Waals surface area (Å²) >= 11 is 0. The van der Waals surface area contributed by atoms with Crippen LogP contribution in [0.3, 0.4) is 0 Å². The topological polar surface area (TPSA) is 26.3 Å². The molecule has 12 aromatic rings. The van der Waals surface area contributed by atoms with Gasteiger partial charge in [-0.05, 0) is 119 Å². The zero-order valence-electron chi connectivity index (χ0n) is 32.6. The molecule has 0 aliphatic heterocycles. The van der Waals surface area contributed by atoms with Crippen molar-refractivity contribution >= 4 is 76.2 Å². The molecule has 0 unspecified atom stereocenters. The largest absolute Gasteiger partial charge is 0.456 e. The number of rotatable bonds is 3. The molecular formula is C57H36O2. The lowest BCUT2D eigenvalue weighted by Crippen LogP contribution is -2.15. The third kappa shape index (κ3) is 4.46. The highest BCUT2D eigenvalue weighted by molar-refractivity contribution is 6.29. The fourth-order valence-electron chi connectivity index (χ4n) is 10.5. The Morgan fingerprint density at radius 3 is 1.71 bits per heavy atom. The van der Waals surface area contributed by atoms with E-state index in [2.05, 4.69) is 184 Å². The predicted octanol–water partition coefficient (Wildman–Crippen LogP) is 16.3. The molecule has 0 saturated heterocycles. The first kappa shape index (κ1) is 32.6.